The quantitative estimate of drug-likeness (QED) is 0.714. The second-order valence-electron chi connectivity index (χ2n) is 5.80. The Morgan fingerprint density at radius 1 is 1.36 bits per heavy atom. The molecule has 1 rings (SSSR count). The van der Waals surface area contributed by atoms with Crippen LogP contribution in [-0.2, 0) is 0 Å². The molecule has 0 amide bonds. The van der Waals surface area contributed by atoms with E-state index in [1.807, 2.05) is 14.1 Å². The Hall–Kier alpha value is -0.120. The average Bonchev–Trinajstić information content (AvgIpc) is 2.28. The van der Waals surface area contributed by atoms with Crippen molar-refractivity contribution in [3.05, 3.63) is 0 Å². The van der Waals surface area contributed by atoms with Crippen LogP contribution in [0.5, 0.6) is 0 Å². The van der Waals surface area contributed by atoms with Crippen molar-refractivity contribution in [1.29, 1.82) is 0 Å². The van der Waals surface area contributed by atoms with Crippen LogP contribution in [0.25, 0.3) is 0 Å². The van der Waals surface area contributed by atoms with Gasteiger partial charge in [0.25, 0.3) is 0 Å². The molecule has 0 aliphatic carbocycles. The number of β-amino-alcohol motifs (C(OH)–C–C–N with tert-alkyl or cyclic N) is 1. The van der Waals surface area contributed by atoms with Crippen LogP contribution >= 0.6 is 0 Å². The van der Waals surface area contributed by atoms with Crippen LogP contribution in [0.15, 0.2) is 0 Å². The maximum Gasteiger partial charge on any atom is 0.0912 e. The van der Waals surface area contributed by atoms with E-state index in [1.165, 1.54) is 0 Å². The van der Waals surface area contributed by atoms with Crippen LogP contribution in [0.4, 0.5) is 0 Å². The van der Waals surface area contributed by atoms with Crippen molar-refractivity contribution < 1.29 is 5.11 Å². The fourth-order valence-electron chi connectivity index (χ4n) is 2.15. The van der Waals surface area contributed by atoms with Gasteiger partial charge in [0.05, 0.1) is 5.60 Å². The van der Waals surface area contributed by atoms with Gasteiger partial charge in [-0.3, -0.25) is 4.90 Å². The van der Waals surface area contributed by atoms with Crippen LogP contribution in [0.3, 0.4) is 0 Å². The Balaban J connectivity index is 2.55. The maximum atomic E-state index is 10.3. The second-order valence-corrected chi connectivity index (χ2v) is 5.80. The van der Waals surface area contributed by atoms with Gasteiger partial charge in [0.1, 0.15) is 0 Å². The number of hydrogen-bond donors (Lipinski definition) is 1. The minimum Gasteiger partial charge on any atom is -0.387 e. The van der Waals surface area contributed by atoms with Crippen molar-refractivity contribution in [2.75, 3.05) is 33.7 Å². The van der Waals surface area contributed by atoms with Crippen LogP contribution in [0.2, 0.25) is 0 Å². The fraction of sp³-hybridized carbons (Fsp3) is 1.00. The Morgan fingerprint density at radius 2 is 1.93 bits per heavy atom. The van der Waals surface area contributed by atoms with Crippen LogP contribution in [0, 0.1) is 0 Å². The van der Waals surface area contributed by atoms with Crippen molar-refractivity contribution in [1.82, 2.24) is 9.80 Å². The van der Waals surface area contributed by atoms with Gasteiger partial charge >= 0.3 is 0 Å². The van der Waals surface area contributed by atoms with Crippen molar-refractivity contribution in [3.63, 3.8) is 0 Å². The number of rotatable bonds is 2. The van der Waals surface area contributed by atoms with E-state index < -0.39 is 5.60 Å². The second kappa shape index (κ2) is 3.80. The first kappa shape index (κ1) is 12.0. The molecule has 84 valence electrons. The number of likely N-dealkylation sites (tertiary alicyclic amines) is 1. The Morgan fingerprint density at radius 3 is 2.29 bits per heavy atom. The summed E-state index contributed by atoms with van der Waals surface area (Å²) in [5.41, 5.74) is -0.326. The number of aliphatic hydroxyl groups is 1. The lowest BCUT2D eigenvalue weighted by atomic mass is 10.0. The van der Waals surface area contributed by atoms with E-state index in [-0.39, 0.29) is 5.54 Å². The van der Waals surface area contributed by atoms with E-state index in [0.717, 1.165) is 26.1 Å². The van der Waals surface area contributed by atoms with E-state index >= 15 is 0 Å². The van der Waals surface area contributed by atoms with Gasteiger partial charge in [0.15, 0.2) is 0 Å². The number of hydrogen-bond acceptors (Lipinski definition) is 3. The fourth-order valence-corrected chi connectivity index (χ4v) is 2.15. The van der Waals surface area contributed by atoms with Crippen molar-refractivity contribution in [2.24, 2.45) is 0 Å². The average molecular weight is 200 g/mol. The monoisotopic (exact) mass is 200 g/mol. The molecule has 1 atom stereocenters. The van der Waals surface area contributed by atoms with E-state index in [4.69, 9.17) is 0 Å². The van der Waals surface area contributed by atoms with Crippen LogP contribution < -0.4 is 0 Å². The lowest BCUT2D eigenvalue weighted by Gasteiger charge is -2.33. The lowest BCUT2D eigenvalue weighted by Crippen LogP contribution is -2.46. The molecule has 1 unspecified atom stereocenters. The molecule has 1 N–H and O–H groups in total. The third kappa shape index (κ3) is 2.94. The molecular formula is C11H24N2O. The summed E-state index contributed by atoms with van der Waals surface area (Å²) in [4.78, 5) is 4.42. The van der Waals surface area contributed by atoms with E-state index in [1.54, 1.807) is 0 Å². The predicted octanol–water partition coefficient (Wildman–Crippen LogP) is 0.783. The first-order chi connectivity index (χ1) is 6.23. The molecule has 3 heteroatoms. The minimum absolute atomic E-state index is 0.177. The molecule has 3 nitrogen and oxygen atoms in total. The summed E-state index contributed by atoms with van der Waals surface area (Å²) in [5, 5.41) is 10.3. The Bertz CT molecular complexity index is 198. The molecule has 0 bridgehead atoms. The van der Waals surface area contributed by atoms with Crippen molar-refractivity contribution >= 4 is 0 Å². The van der Waals surface area contributed by atoms with Gasteiger partial charge in [-0.15, -0.1) is 0 Å². The van der Waals surface area contributed by atoms with Gasteiger partial charge in [-0.1, -0.05) is 0 Å². The smallest absolute Gasteiger partial charge is 0.0912 e. The largest absolute Gasteiger partial charge is 0.387 e. The summed E-state index contributed by atoms with van der Waals surface area (Å²) in [7, 11) is 4.02. The molecule has 0 aromatic carbocycles. The summed E-state index contributed by atoms with van der Waals surface area (Å²) in [5.74, 6) is 0. The highest BCUT2D eigenvalue weighted by molar-refractivity contribution is 4.95. The van der Waals surface area contributed by atoms with Gasteiger partial charge in [-0.05, 0) is 41.3 Å². The predicted molar refractivity (Wildman–Crippen MR) is 59.4 cm³/mol. The minimum atomic E-state index is -0.503. The van der Waals surface area contributed by atoms with Crippen molar-refractivity contribution in [3.8, 4) is 0 Å². The van der Waals surface area contributed by atoms with Gasteiger partial charge in [0.2, 0.25) is 0 Å². The first-order valence-electron chi connectivity index (χ1n) is 5.35. The Kier molecular flexibility index (Phi) is 3.24. The summed E-state index contributed by atoms with van der Waals surface area (Å²) in [6.45, 7) is 9.18. The zero-order valence-corrected chi connectivity index (χ0v) is 10.2. The summed E-state index contributed by atoms with van der Waals surface area (Å²) in [6.07, 6.45) is 0.891. The Labute approximate surface area is 87.7 Å². The standard InChI is InChI=1S/C11H24N2O/c1-10(2,3)13-7-6-11(14,9-13)8-12(4)5/h14H,6-9H2,1-5H3. The normalized spacial score (nSPS) is 30.2. The van der Waals surface area contributed by atoms with Gasteiger partial charge in [-0.25, -0.2) is 0 Å². The first-order valence-corrected chi connectivity index (χ1v) is 5.35. The molecule has 1 aliphatic heterocycles. The third-order valence-corrected chi connectivity index (χ3v) is 2.89. The zero-order chi connectivity index (χ0) is 11.0. The van der Waals surface area contributed by atoms with Crippen LogP contribution in [0.1, 0.15) is 27.2 Å². The number of likely N-dealkylation sites (N-methyl/N-ethyl adjacent to an activating group) is 1. The van der Waals surface area contributed by atoms with E-state index in [9.17, 15) is 5.11 Å². The molecule has 1 fully saturated rings. The van der Waals surface area contributed by atoms with E-state index in [0.29, 0.717) is 0 Å². The highest BCUT2D eigenvalue weighted by Gasteiger charge is 2.40. The molecule has 1 saturated heterocycles. The highest BCUT2D eigenvalue weighted by Crippen LogP contribution is 2.27. The molecule has 1 aliphatic rings. The van der Waals surface area contributed by atoms with Crippen LogP contribution in [-0.4, -0.2) is 59.8 Å². The third-order valence-electron chi connectivity index (χ3n) is 2.89. The van der Waals surface area contributed by atoms with Gasteiger partial charge in [0, 0.05) is 25.2 Å². The molecule has 0 radical (unpaired) electrons. The molecular weight excluding hydrogens is 176 g/mol. The van der Waals surface area contributed by atoms with Crippen molar-refractivity contribution in [2.45, 2.75) is 38.3 Å². The summed E-state index contributed by atoms with van der Waals surface area (Å²) in [6, 6.07) is 0. The molecule has 0 saturated carbocycles. The molecule has 0 aromatic rings. The SMILES string of the molecule is CN(C)CC1(O)CCN(C(C)(C)C)C1. The lowest BCUT2D eigenvalue weighted by molar-refractivity contribution is 0.0146. The van der Waals surface area contributed by atoms with Gasteiger partial charge < -0.3 is 10.0 Å². The molecule has 0 spiro atoms. The number of nitrogens with zero attached hydrogens (tertiary/aromatic N) is 2. The molecule has 1 heterocycles. The summed E-state index contributed by atoms with van der Waals surface area (Å²) < 4.78 is 0. The van der Waals surface area contributed by atoms with Gasteiger partial charge in [-0.2, -0.15) is 0 Å². The molecule has 14 heavy (non-hydrogen) atoms. The maximum absolute atomic E-state index is 10.3. The highest BCUT2D eigenvalue weighted by atomic mass is 16.3. The topological polar surface area (TPSA) is 26.7 Å². The zero-order valence-electron chi connectivity index (χ0n) is 10.2. The molecule has 0 aromatic heterocycles. The summed E-state index contributed by atoms with van der Waals surface area (Å²) >= 11 is 0. The van der Waals surface area contributed by atoms with E-state index in [2.05, 4.69) is 30.6 Å².